The summed E-state index contributed by atoms with van der Waals surface area (Å²) in [5.41, 5.74) is 3.48. The van der Waals surface area contributed by atoms with Crippen LogP contribution < -0.4 is 0 Å². The molecular formula is C23H17F3. The average Bonchev–Trinajstić information content (AvgIpc) is 2.99. The summed E-state index contributed by atoms with van der Waals surface area (Å²) in [5.74, 6) is -0.804. The molecular weight excluding hydrogens is 333 g/mol. The lowest BCUT2D eigenvalue weighted by atomic mass is 9.87. The first kappa shape index (κ1) is 16.6. The van der Waals surface area contributed by atoms with E-state index in [1.807, 2.05) is 37.3 Å². The highest BCUT2D eigenvalue weighted by molar-refractivity contribution is 5.90. The predicted octanol–water partition coefficient (Wildman–Crippen LogP) is 6.50. The number of hydrogen-bond acceptors (Lipinski definition) is 0. The van der Waals surface area contributed by atoms with Crippen molar-refractivity contribution in [3.05, 3.63) is 112 Å². The molecule has 0 spiro atoms. The SMILES string of the molecule is Cc1ccc(C2C(C(F)(F)F)=C(c3ccccc3)c3ccccc32)cc1. The van der Waals surface area contributed by atoms with Crippen LogP contribution in [0.2, 0.25) is 0 Å². The van der Waals surface area contributed by atoms with Crippen LogP contribution in [0.1, 0.15) is 33.7 Å². The van der Waals surface area contributed by atoms with Crippen molar-refractivity contribution >= 4 is 5.57 Å². The molecule has 1 unspecified atom stereocenters. The van der Waals surface area contributed by atoms with Crippen molar-refractivity contribution < 1.29 is 13.2 Å². The highest BCUT2D eigenvalue weighted by Gasteiger charge is 2.47. The van der Waals surface area contributed by atoms with Gasteiger partial charge < -0.3 is 0 Å². The van der Waals surface area contributed by atoms with E-state index in [1.54, 1.807) is 48.5 Å². The lowest BCUT2D eigenvalue weighted by molar-refractivity contribution is -0.0936. The minimum atomic E-state index is -4.42. The van der Waals surface area contributed by atoms with E-state index in [2.05, 4.69) is 0 Å². The number of fused-ring (bicyclic) bond motifs is 1. The Hall–Kier alpha value is -2.81. The van der Waals surface area contributed by atoms with Crippen LogP contribution in [0.15, 0.2) is 84.4 Å². The number of rotatable bonds is 2. The molecule has 3 aromatic rings. The molecule has 3 heteroatoms. The maximum absolute atomic E-state index is 14.2. The summed E-state index contributed by atoms with van der Waals surface area (Å²) in [4.78, 5) is 0. The van der Waals surface area contributed by atoms with Crippen molar-refractivity contribution in [3.63, 3.8) is 0 Å². The molecule has 0 aliphatic heterocycles. The molecule has 0 radical (unpaired) electrons. The first-order valence-corrected chi connectivity index (χ1v) is 8.49. The number of hydrogen-bond donors (Lipinski definition) is 0. The summed E-state index contributed by atoms with van der Waals surface area (Å²) in [6.45, 7) is 1.93. The van der Waals surface area contributed by atoms with Crippen molar-refractivity contribution in [2.24, 2.45) is 0 Å². The molecule has 0 saturated carbocycles. The highest BCUT2D eigenvalue weighted by atomic mass is 19.4. The Morgan fingerprint density at radius 1 is 0.731 bits per heavy atom. The fourth-order valence-electron chi connectivity index (χ4n) is 3.75. The van der Waals surface area contributed by atoms with Gasteiger partial charge in [-0.25, -0.2) is 0 Å². The van der Waals surface area contributed by atoms with E-state index >= 15 is 0 Å². The molecule has 0 fully saturated rings. The van der Waals surface area contributed by atoms with Crippen molar-refractivity contribution in [2.45, 2.75) is 19.0 Å². The quantitative estimate of drug-likeness (QED) is 0.494. The average molecular weight is 350 g/mol. The van der Waals surface area contributed by atoms with Gasteiger partial charge in [-0.15, -0.1) is 0 Å². The smallest absolute Gasteiger partial charge is 0.166 e. The third-order valence-corrected chi connectivity index (χ3v) is 4.88. The lowest BCUT2D eigenvalue weighted by Gasteiger charge is -2.20. The summed E-state index contributed by atoms with van der Waals surface area (Å²) in [6, 6.07) is 23.4. The van der Waals surface area contributed by atoms with Gasteiger partial charge in [-0.1, -0.05) is 84.4 Å². The molecule has 3 aromatic carbocycles. The van der Waals surface area contributed by atoms with Crippen LogP contribution in [-0.4, -0.2) is 6.18 Å². The van der Waals surface area contributed by atoms with E-state index in [0.717, 1.165) is 5.56 Å². The minimum absolute atomic E-state index is 0.291. The van der Waals surface area contributed by atoms with E-state index in [9.17, 15) is 13.2 Å². The van der Waals surface area contributed by atoms with E-state index in [-0.39, 0.29) is 0 Å². The fourth-order valence-corrected chi connectivity index (χ4v) is 3.75. The largest absolute Gasteiger partial charge is 0.414 e. The topological polar surface area (TPSA) is 0 Å². The lowest BCUT2D eigenvalue weighted by Crippen LogP contribution is -2.18. The minimum Gasteiger partial charge on any atom is -0.166 e. The van der Waals surface area contributed by atoms with Crippen molar-refractivity contribution in [2.75, 3.05) is 0 Å². The number of allylic oxidation sites excluding steroid dienone is 1. The third-order valence-electron chi connectivity index (χ3n) is 4.88. The maximum atomic E-state index is 14.2. The monoisotopic (exact) mass is 350 g/mol. The second-order valence-corrected chi connectivity index (χ2v) is 6.58. The van der Waals surface area contributed by atoms with Gasteiger partial charge in [0.15, 0.2) is 0 Å². The standard InChI is InChI=1S/C23H17F3/c1-15-11-13-17(14-12-15)21-19-10-6-5-9-18(19)20(22(21)23(24,25)26)16-7-3-2-4-8-16/h2-14,21H,1H3. The predicted molar refractivity (Wildman–Crippen MR) is 98.0 cm³/mol. The number of alkyl halides is 3. The Labute approximate surface area is 150 Å². The number of aryl methyl sites for hydroxylation is 1. The molecule has 0 saturated heterocycles. The zero-order chi connectivity index (χ0) is 18.3. The molecule has 0 aromatic heterocycles. The van der Waals surface area contributed by atoms with E-state index < -0.39 is 17.7 Å². The van der Waals surface area contributed by atoms with Gasteiger partial charge in [-0.05, 0) is 34.8 Å². The first-order chi connectivity index (χ1) is 12.5. The molecule has 0 N–H and O–H groups in total. The van der Waals surface area contributed by atoms with Crippen LogP contribution in [0.25, 0.3) is 5.57 Å². The third kappa shape index (κ3) is 2.74. The summed E-state index contributed by atoms with van der Waals surface area (Å²) in [7, 11) is 0. The second kappa shape index (κ2) is 6.17. The van der Waals surface area contributed by atoms with E-state index in [0.29, 0.717) is 27.8 Å². The summed E-state index contributed by atoms with van der Waals surface area (Å²) in [6.07, 6.45) is -4.42. The van der Waals surface area contributed by atoms with Crippen molar-refractivity contribution in [1.29, 1.82) is 0 Å². The molecule has 130 valence electrons. The Bertz CT molecular complexity index is 964. The Morgan fingerprint density at radius 2 is 1.35 bits per heavy atom. The Balaban J connectivity index is 2.04. The van der Waals surface area contributed by atoms with E-state index in [1.165, 1.54) is 0 Å². The molecule has 0 bridgehead atoms. The summed E-state index contributed by atoms with van der Waals surface area (Å²) in [5, 5.41) is 0. The van der Waals surface area contributed by atoms with Gasteiger partial charge in [0.05, 0.1) is 5.57 Å². The molecule has 26 heavy (non-hydrogen) atoms. The molecule has 4 rings (SSSR count). The normalized spacial score (nSPS) is 16.7. The summed E-state index contributed by atoms with van der Waals surface area (Å²) < 4.78 is 42.7. The van der Waals surface area contributed by atoms with Crippen LogP contribution in [0.4, 0.5) is 13.2 Å². The van der Waals surface area contributed by atoms with Crippen LogP contribution in [-0.2, 0) is 0 Å². The fraction of sp³-hybridized carbons (Fsp3) is 0.130. The zero-order valence-electron chi connectivity index (χ0n) is 14.2. The van der Waals surface area contributed by atoms with Gasteiger partial charge in [0.1, 0.15) is 0 Å². The van der Waals surface area contributed by atoms with Crippen LogP contribution >= 0.6 is 0 Å². The Kier molecular flexibility index (Phi) is 3.95. The van der Waals surface area contributed by atoms with Crippen LogP contribution in [0.3, 0.4) is 0 Å². The van der Waals surface area contributed by atoms with Gasteiger partial charge in [-0.3, -0.25) is 0 Å². The number of halogens is 3. The highest BCUT2D eigenvalue weighted by Crippen LogP contribution is 2.53. The number of benzene rings is 3. The van der Waals surface area contributed by atoms with Crippen molar-refractivity contribution in [1.82, 2.24) is 0 Å². The first-order valence-electron chi connectivity index (χ1n) is 8.49. The van der Waals surface area contributed by atoms with Gasteiger partial charge in [0.2, 0.25) is 0 Å². The second-order valence-electron chi connectivity index (χ2n) is 6.58. The Morgan fingerprint density at radius 3 is 2.00 bits per heavy atom. The molecule has 0 amide bonds. The molecule has 1 aliphatic rings. The molecule has 1 aliphatic carbocycles. The van der Waals surface area contributed by atoms with Gasteiger partial charge in [0, 0.05) is 5.92 Å². The van der Waals surface area contributed by atoms with Gasteiger partial charge >= 0.3 is 6.18 Å². The summed E-state index contributed by atoms with van der Waals surface area (Å²) >= 11 is 0. The van der Waals surface area contributed by atoms with Gasteiger partial charge in [-0.2, -0.15) is 13.2 Å². The van der Waals surface area contributed by atoms with Crippen LogP contribution in [0, 0.1) is 6.92 Å². The van der Waals surface area contributed by atoms with Gasteiger partial charge in [0.25, 0.3) is 0 Å². The van der Waals surface area contributed by atoms with E-state index in [4.69, 9.17) is 0 Å². The zero-order valence-corrected chi connectivity index (χ0v) is 14.2. The van der Waals surface area contributed by atoms with Crippen molar-refractivity contribution in [3.8, 4) is 0 Å². The van der Waals surface area contributed by atoms with Crippen LogP contribution in [0.5, 0.6) is 0 Å². The maximum Gasteiger partial charge on any atom is 0.414 e. The molecule has 0 heterocycles. The molecule has 0 nitrogen and oxygen atoms in total. The molecule has 1 atom stereocenters.